The summed E-state index contributed by atoms with van der Waals surface area (Å²) in [5, 5.41) is 7.98. The lowest BCUT2D eigenvalue weighted by molar-refractivity contribution is -0.123. The summed E-state index contributed by atoms with van der Waals surface area (Å²) in [5.41, 5.74) is 3.39. The third-order valence-corrected chi connectivity index (χ3v) is 5.74. The van der Waals surface area contributed by atoms with Crippen LogP contribution in [0.5, 0.6) is 0 Å². The molecular formula is C23H27N5O3. The van der Waals surface area contributed by atoms with Gasteiger partial charge in [0.15, 0.2) is 6.10 Å². The molecule has 8 heteroatoms. The Hall–Kier alpha value is -3.42. The maximum atomic E-state index is 13.1. The van der Waals surface area contributed by atoms with Crippen molar-refractivity contribution in [2.75, 3.05) is 23.3 Å². The Kier molecular flexibility index (Phi) is 5.63. The molecule has 1 fully saturated rings. The molecular weight excluding hydrogens is 394 g/mol. The van der Waals surface area contributed by atoms with Crippen molar-refractivity contribution in [3.63, 3.8) is 0 Å². The molecule has 4 rings (SSSR count). The molecule has 1 aliphatic heterocycles. The first-order chi connectivity index (χ1) is 14.8. The van der Waals surface area contributed by atoms with Gasteiger partial charge in [-0.3, -0.25) is 9.48 Å². The lowest BCUT2D eigenvalue weighted by Gasteiger charge is -2.21. The predicted molar refractivity (Wildman–Crippen MR) is 119 cm³/mol. The molecule has 1 amide bonds. The van der Waals surface area contributed by atoms with Gasteiger partial charge in [-0.15, -0.1) is 0 Å². The summed E-state index contributed by atoms with van der Waals surface area (Å²) in [6.45, 7) is 6.96. The minimum absolute atomic E-state index is 0.383. The second kappa shape index (κ2) is 8.37. The van der Waals surface area contributed by atoms with E-state index in [1.54, 1.807) is 17.7 Å². The number of ether oxygens (including phenoxy) is 1. The first kappa shape index (κ1) is 20.8. The fraction of sp³-hybridized carbons (Fsp3) is 0.391. The number of rotatable bonds is 5. The molecule has 1 aromatic carbocycles. The number of amides is 1. The third kappa shape index (κ3) is 4.10. The second-order valence-electron chi connectivity index (χ2n) is 7.95. The Balaban J connectivity index is 1.57. The van der Waals surface area contributed by atoms with E-state index in [0.29, 0.717) is 22.8 Å². The molecule has 0 spiro atoms. The van der Waals surface area contributed by atoms with Crippen LogP contribution < -0.4 is 10.2 Å². The fourth-order valence-electron chi connectivity index (χ4n) is 3.88. The van der Waals surface area contributed by atoms with Crippen LogP contribution in [0.1, 0.15) is 41.5 Å². The Morgan fingerprint density at radius 3 is 2.55 bits per heavy atom. The molecule has 162 valence electrons. The van der Waals surface area contributed by atoms with Crippen molar-refractivity contribution in [3.05, 3.63) is 47.3 Å². The van der Waals surface area contributed by atoms with Gasteiger partial charge >= 0.3 is 5.97 Å². The number of nitrogens with one attached hydrogen (secondary N) is 1. The fourth-order valence-corrected chi connectivity index (χ4v) is 3.88. The smallest absolute Gasteiger partial charge is 0.342 e. The number of nitrogens with zero attached hydrogens (tertiary/aromatic N) is 4. The molecule has 0 aliphatic carbocycles. The minimum atomic E-state index is -0.968. The van der Waals surface area contributed by atoms with Gasteiger partial charge in [0.1, 0.15) is 11.4 Å². The zero-order valence-corrected chi connectivity index (χ0v) is 18.3. The van der Waals surface area contributed by atoms with E-state index in [4.69, 9.17) is 9.72 Å². The van der Waals surface area contributed by atoms with Crippen molar-refractivity contribution in [2.45, 2.75) is 39.7 Å². The topological polar surface area (TPSA) is 89.3 Å². The molecule has 0 radical (unpaired) electrons. The summed E-state index contributed by atoms with van der Waals surface area (Å²) in [6.07, 6.45) is 1.15. The van der Waals surface area contributed by atoms with Gasteiger partial charge in [0.05, 0.1) is 22.6 Å². The van der Waals surface area contributed by atoms with Gasteiger partial charge < -0.3 is 15.0 Å². The highest BCUT2D eigenvalue weighted by Crippen LogP contribution is 2.27. The summed E-state index contributed by atoms with van der Waals surface area (Å²) in [6, 6.07) is 9.48. The van der Waals surface area contributed by atoms with E-state index in [-0.39, 0.29) is 0 Å². The Labute approximate surface area is 181 Å². The number of aromatic nitrogens is 3. The molecule has 0 bridgehead atoms. The highest BCUT2D eigenvalue weighted by atomic mass is 16.5. The van der Waals surface area contributed by atoms with Crippen molar-refractivity contribution in [3.8, 4) is 0 Å². The van der Waals surface area contributed by atoms with Crippen LogP contribution in [0.3, 0.4) is 0 Å². The molecule has 1 saturated heterocycles. The normalized spacial score (nSPS) is 14.6. The monoisotopic (exact) mass is 421 g/mol. The number of benzene rings is 1. The second-order valence-corrected chi connectivity index (χ2v) is 7.95. The van der Waals surface area contributed by atoms with Crippen molar-refractivity contribution in [1.82, 2.24) is 14.8 Å². The Bertz CT molecular complexity index is 1150. The van der Waals surface area contributed by atoms with Crippen LogP contribution in [0.15, 0.2) is 30.3 Å². The molecule has 1 atom stereocenters. The molecule has 3 heterocycles. The number of carbonyl (C=O) groups excluding carboxylic acids is 2. The van der Waals surface area contributed by atoms with E-state index in [1.165, 1.54) is 0 Å². The Morgan fingerprint density at radius 2 is 1.87 bits per heavy atom. The molecule has 1 N–H and O–H groups in total. The van der Waals surface area contributed by atoms with Crippen LogP contribution in [-0.4, -0.2) is 45.8 Å². The standard InChI is InChI=1S/C23H27N5O3/c1-14-20(15(2)27(4)26-14)25-22(29)16(3)31-23(30)18-13-17-9-5-6-10-19(17)24-21(18)28-11-7-8-12-28/h5-6,9-10,13,16H,7-8,11-12H2,1-4H3,(H,25,29). The molecule has 1 unspecified atom stereocenters. The quantitative estimate of drug-likeness (QED) is 0.636. The molecule has 3 aromatic rings. The summed E-state index contributed by atoms with van der Waals surface area (Å²) in [7, 11) is 1.81. The molecule has 0 saturated carbocycles. The number of hydrogen-bond donors (Lipinski definition) is 1. The van der Waals surface area contributed by atoms with Gasteiger partial charge in [-0.2, -0.15) is 5.10 Å². The van der Waals surface area contributed by atoms with Gasteiger partial charge in [-0.05, 0) is 45.7 Å². The van der Waals surface area contributed by atoms with Crippen molar-refractivity contribution < 1.29 is 14.3 Å². The molecule has 31 heavy (non-hydrogen) atoms. The van der Waals surface area contributed by atoms with Gasteiger partial charge in [-0.1, -0.05) is 18.2 Å². The van der Waals surface area contributed by atoms with Crippen LogP contribution in [0.4, 0.5) is 11.5 Å². The first-order valence-electron chi connectivity index (χ1n) is 10.5. The van der Waals surface area contributed by atoms with Crippen LogP contribution in [-0.2, 0) is 16.6 Å². The number of esters is 1. The lowest BCUT2D eigenvalue weighted by atomic mass is 10.1. The summed E-state index contributed by atoms with van der Waals surface area (Å²) >= 11 is 0. The zero-order chi connectivity index (χ0) is 22.1. The number of carbonyl (C=O) groups is 2. The average molecular weight is 422 g/mol. The van der Waals surface area contributed by atoms with Gasteiger partial charge in [0, 0.05) is 25.5 Å². The summed E-state index contributed by atoms with van der Waals surface area (Å²) < 4.78 is 7.26. The van der Waals surface area contributed by atoms with Crippen molar-refractivity contribution in [2.24, 2.45) is 7.05 Å². The zero-order valence-electron chi connectivity index (χ0n) is 18.3. The van der Waals surface area contributed by atoms with Gasteiger partial charge in [-0.25, -0.2) is 9.78 Å². The van der Waals surface area contributed by atoms with E-state index in [0.717, 1.165) is 42.5 Å². The van der Waals surface area contributed by atoms with E-state index in [9.17, 15) is 9.59 Å². The highest BCUT2D eigenvalue weighted by Gasteiger charge is 2.26. The summed E-state index contributed by atoms with van der Waals surface area (Å²) in [4.78, 5) is 32.6. The number of para-hydroxylation sites is 1. The number of pyridine rings is 1. The number of hydrogen-bond acceptors (Lipinski definition) is 6. The van der Waals surface area contributed by atoms with Gasteiger partial charge in [0.25, 0.3) is 5.91 Å². The number of aryl methyl sites for hydroxylation is 2. The third-order valence-electron chi connectivity index (χ3n) is 5.74. The minimum Gasteiger partial charge on any atom is -0.449 e. The average Bonchev–Trinajstić information content (AvgIpc) is 3.37. The van der Waals surface area contributed by atoms with Gasteiger partial charge in [0.2, 0.25) is 0 Å². The highest BCUT2D eigenvalue weighted by molar-refractivity contribution is 6.02. The maximum absolute atomic E-state index is 13.1. The Morgan fingerprint density at radius 1 is 1.16 bits per heavy atom. The van der Waals surface area contributed by atoms with E-state index in [1.807, 2.05) is 45.2 Å². The van der Waals surface area contributed by atoms with Crippen molar-refractivity contribution >= 4 is 34.3 Å². The van der Waals surface area contributed by atoms with E-state index < -0.39 is 18.0 Å². The molecule has 2 aromatic heterocycles. The molecule has 8 nitrogen and oxygen atoms in total. The lowest BCUT2D eigenvalue weighted by Crippen LogP contribution is -2.31. The van der Waals surface area contributed by atoms with Crippen LogP contribution in [0, 0.1) is 13.8 Å². The number of anilines is 2. The first-order valence-corrected chi connectivity index (χ1v) is 10.5. The van der Waals surface area contributed by atoms with Crippen LogP contribution in [0.25, 0.3) is 10.9 Å². The number of fused-ring (bicyclic) bond motifs is 1. The van der Waals surface area contributed by atoms with E-state index >= 15 is 0 Å². The molecule has 1 aliphatic rings. The summed E-state index contributed by atoms with van der Waals surface area (Å²) in [5.74, 6) is -0.334. The SMILES string of the molecule is Cc1nn(C)c(C)c1NC(=O)C(C)OC(=O)c1cc2ccccc2nc1N1CCCC1. The van der Waals surface area contributed by atoms with E-state index in [2.05, 4.69) is 15.3 Å². The van der Waals surface area contributed by atoms with Crippen LogP contribution >= 0.6 is 0 Å². The largest absolute Gasteiger partial charge is 0.449 e. The van der Waals surface area contributed by atoms with Crippen molar-refractivity contribution in [1.29, 1.82) is 0 Å². The maximum Gasteiger partial charge on any atom is 0.342 e. The van der Waals surface area contributed by atoms with Crippen LogP contribution in [0.2, 0.25) is 0 Å². The predicted octanol–water partition coefficient (Wildman–Crippen LogP) is 3.37.